The van der Waals surface area contributed by atoms with Gasteiger partial charge in [0.05, 0.1) is 49.8 Å². The molecule has 0 aromatic heterocycles. The van der Waals surface area contributed by atoms with E-state index < -0.39 is 43.8 Å². The minimum absolute atomic E-state index is 0.0655. The van der Waals surface area contributed by atoms with E-state index in [1.807, 2.05) is 0 Å². The highest BCUT2D eigenvalue weighted by molar-refractivity contribution is 7.93. The normalized spacial score (nSPS) is 25.0. The second-order valence-corrected chi connectivity index (χ2v) is 21.9. The molecule has 12 heteroatoms. The lowest BCUT2D eigenvalue weighted by atomic mass is 10.2. The summed E-state index contributed by atoms with van der Waals surface area (Å²) >= 11 is 0. The van der Waals surface area contributed by atoms with Crippen molar-refractivity contribution in [2.45, 2.75) is 133 Å². The molecule has 3 aliphatic heterocycles. The first kappa shape index (κ1) is 36.8. The molecule has 0 radical (unpaired) electrons. The van der Waals surface area contributed by atoms with Crippen LogP contribution in [0.2, 0.25) is 0 Å². The summed E-state index contributed by atoms with van der Waals surface area (Å²) in [5.41, 5.74) is 0. The fourth-order valence-electron chi connectivity index (χ4n) is 3.81. The zero-order chi connectivity index (χ0) is 30.3. The average molecular weight is 619 g/mol. The predicted octanol–water partition coefficient (Wildman–Crippen LogP) is 4.14. The zero-order valence-electron chi connectivity index (χ0n) is 25.6. The lowest BCUT2D eigenvalue weighted by Crippen LogP contribution is -2.34. The van der Waals surface area contributed by atoms with Crippen molar-refractivity contribution in [1.29, 1.82) is 0 Å². The molecule has 0 spiro atoms. The Bertz CT molecular complexity index is 903. The molecular formula is C27H54O9S3. The van der Waals surface area contributed by atoms with E-state index in [-0.39, 0.29) is 35.6 Å². The third-order valence-electron chi connectivity index (χ3n) is 7.09. The van der Waals surface area contributed by atoms with E-state index in [1.165, 1.54) is 0 Å². The summed E-state index contributed by atoms with van der Waals surface area (Å²) in [6.45, 7) is 17.7. The molecule has 3 heterocycles. The number of hydrogen-bond acceptors (Lipinski definition) is 9. The Morgan fingerprint density at radius 2 is 0.667 bits per heavy atom. The van der Waals surface area contributed by atoms with E-state index >= 15 is 0 Å². The van der Waals surface area contributed by atoms with E-state index in [0.29, 0.717) is 19.8 Å². The van der Waals surface area contributed by atoms with Gasteiger partial charge in [-0.1, -0.05) is 0 Å². The fraction of sp³-hybridized carbons (Fsp3) is 1.00. The van der Waals surface area contributed by atoms with Gasteiger partial charge in [-0.3, -0.25) is 0 Å². The third-order valence-corrected chi connectivity index (χ3v) is 15.1. The van der Waals surface area contributed by atoms with E-state index in [1.54, 1.807) is 62.3 Å². The van der Waals surface area contributed by atoms with Gasteiger partial charge in [0.25, 0.3) is 0 Å². The van der Waals surface area contributed by atoms with Crippen molar-refractivity contribution < 1.29 is 39.5 Å². The summed E-state index contributed by atoms with van der Waals surface area (Å²) in [6, 6.07) is 0. The van der Waals surface area contributed by atoms with Gasteiger partial charge in [-0.15, -0.1) is 0 Å². The van der Waals surface area contributed by atoms with Crippen LogP contribution in [0.25, 0.3) is 0 Å². The van der Waals surface area contributed by atoms with Gasteiger partial charge in [0.1, 0.15) is 0 Å². The molecule has 39 heavy (non-hydrogen) atoms. The standard InChI is InChI=1S/3C9H18O3S/c3*1-9(2,3)13(10,11)7-8-5-4-6-12-8/h3*8H,4-7H2,1-3H3/t2*8-;/m10./s1. The molecular weight excluding hydrogens is 564 g/mol. The van der Waals surface area contributed by atoms with Crippen molar-refractivity contribution in [3.05, 3.63) is 0 Å². The van der Waals surface area contributed by atoms with Gasteiger partial charge in [0, 0.05) is 19.8 Å². The molecule has 3 fully saturated rings. The van der Waals surface area contributed by atoms with E-state index in [9.17, 15) is 25.3 Å². The summed E-state index contributed by atoms with van der Waals surface area (Å²) in [6.07, 6.45) is 5.43. The molecule has 1 unspecified atom stereocenters. The first-order valence-corrected chi connectivity index (χ1v) is 19.0. The van der Waals surface area contributed by atoms with Crippen LogP contribution in [0.5, 0.6) is 0 Å². The molecule has 0 aromatic rings. The molecule has 0 bridgehead atoms. The van der Waals surface area contributed by atoms with Crippen LogP contribution < -0.4 is 0 Å². The Labute approximate surface area is 238 Å². The number of rotatable bonds is 6. The van der Waals surface area contributed by atoms with Gasteiger partial charge >= 0.3 is 0 Å². The number of sulfone groups is 3. The average Bonchev–Trinajstić information content (AvgIpc) is 3.50. The van der Waals surface area contributed by atoms with Crippen molar-refractivity contribution in [1.82, 2.24) is 0 Å². The highest BCUT2D eigenvalue weighted by Gasteiger charge is 2.35. The monoisotopic (exact) mass is 618 g/mol. The van der Waals surface area contributed by atoms with Gasteiger partial charge in [-0.25, -0.2) is 25.3 Å². The lowest BCUT2D eigenvalue weighted by molar-refractivity contribution is 0.127. The molecule has 0 saturated carbocycles. The maximum atomic E-state index is 11.7. The Balaban J connectivity index is 0.000000292. The van der Waals surface area contributed by atoms with Gasteiger partial charge < -0.3 is 14.2 Å². The molecule has 0 amide bonds. The number of hydrogen-bond donors (Lipinski definition) is 0. The maximum absolute atomic E-state index is 11.7. The highest BCUT2D eigenvalue weighted by Crippen LogP contribution is 2.23. The van der Waals surface area contributed by atoms with Crippen molar-refractivity contribution in [3.8, 4) is 0 Å². The summed E-state index contributed by atoms with van der Waals surface area (Å²) in [7, 11) is -9.02. The molecule has 0 N–H and O–H groups in total. The molecule has 3 aliphatic rings. The molecule has 0 aliphatic carbocycles. The molecule has 9 nitrogen and oxygen atoms in total. The summed E-state index contributed by atoms with van der Waals surface area (Å²) in [5.74, 6) is 0.531. The Morgan fingerprint density at radius 3 is 0.795 bits per heavy atom. The first-order chi connectivity index (χ1) is 17.5. The Hall–Kier alpha value is -0.270. The molecule has 0 aromatic carbocycles. The van der Waals surface area contributed by atoms with Gasteiger partial charge in [0.2, 0.25) is 0 Å². The van der Waals surface area contributed by atoms with Crippen LogP contribution in [-0.4, -0.2) is 94.9 Å². The largest absolute Gasteiger partial charge is 0.377 e. The van der Waals surface area contributed by atoms with Crippen molar-refractivity contribution in [2.75, 3.05) is 37.1 Å². The Morgan fingerprint density at radius 1 is 0.462 bits per heavy atom. The van der Waals surface area contributed by atoms with Crippen LogP contribution in [0.3, 0.4) is 0 Å². The molecule has 3 rings (SSSR count). The molecule has 234 valence electrons. The predicted molar refractivity (Wildman–Crippen MR) is 158 cm³/mol. The first-order valence-electron chi connectivity index (χ1n) is 14.0. The summed E-state index contributed by atoms with van der Waals surface area (Å²) in [4.78, 5) is 0. The van der Waals surface area contributed by atoms with Crippen LogP contribution >= 0.6 is 0 Å². The molecule has 3 saturated heterocycles. The van der Waals surface area contributed by atoms with Gasteiger partial charge in [-0.2, -0.15) is 0 Å². The lowest BCUT2D eigenvalue weighted by Gasteiger charge is -2.21. The van der Waals surface area contributed by atoms with Gasteiger partial charge in [0.15, 0.2) is 29.5 Å². The van der Waals surface area contributed by atoms with Crippen LogP contribution in [0, 0.1) is 0 Å². The SMILES string of the molecule is CC(C)(C)S(=O)(=O)CC1CCCO1.CC(C)(C)S(=O)(=O)C[C@@H]1CCCO1.CC(C)(C)S(=O)(=O)C[C@H]1CCCO1. The summed E-state index contributed by atoms with van der Waals surface area (Å²) in [5, 5.41) is 0. The Kier molecular flexibility index (Phi) is 13.4. The van der Waals surface area contributed by atoms with E-state index in [0.717, 1.165) is 38.5 Å². The summed E-state index contributed by atoms with van der Waals surface area (Å²) < 4.78 is 84.3. The minimum atomic E-state index is -3.01. The van der Waals surface area contributed by atoms with Crippen molar-refractivity contribution >= 4 is 29.5 Å². The van der Waals surface area contributed by atoms with E-state index in [4.69, 9.17) is 14.2 Å². The number of ether oxygens (including phenoxy) is 3. The second kappa shape index (κ2) is 14.3. The molecule has 3 atom stereocenters. The highest BCUT2D eigenvalue weighted by atomic mass is 32.2. The fourth-order valence-corrected chi connectivity index (χ4v) is 7.57. The smallest absolute Gasteiger partial charge is 0.157 e. The second-order valence-electron chi connectivity index (χ2n) is 13.6. The quantitative estimate of drug-likeness (QED) is 0.431. The van der Waals surface area contributed by atoms with Crippen LogP contribution in [0.4, 0.5) is 0 Å². The van der Waals surface area contributed by atoms with Crippen molar-refractivity contribution in [3.63, 3.8) is 0 Å². The van der Waals surface area contributed by atoms with Crippen molar-refractivity contribution in [2.24, 2.45) is 0 Å². The van der Waals surface area contributed by atoms with Crippen LogP contribution in [-0.2, 0) is 43.7 Å². The topological polar surface area (TPSA) is 130 Å². The van der Waals surface area contributed by atoms with Gasteiger partial charge in [-0.05, 0) is 101 Å². The third kappa shape index (κ3) is 12.2. The van der Waals surface area contributed by atoms with E-state index in [2.05, 4.69) is 0 Å². The van der Waals surface area contributed by atoms with Crippen LogP contribution in [0.1, 0.15) is 101 Å². The minimum Gasteiger partial charge on any atom is -0.377 e. The van der Waals surface area contributed by atoms with Crippen LogP contribution in [0.15, 0.2) is 0 Å². The maximum Gasteiger partial charge on any atom is 0.157 e. The zero-order valence-corrected chi connectivity index (χ0v) is 28.1.